The summed E-state index contributed by atoms with van der Waals surface area (Å²) in [5.41, 5.74) is 1.35. The number of likely N-dealkylation sites (tertiary alicyclic amines) is 1. The van der Waals surface area contributed by atoms with Gasteiger partial charge in [-0.1, -0.05) is 36.4 Å². The molecule has 0 spiro atoms. The molecule has 0 aliphatic carbocycles. The van der Waals surface area contributed by atoms with E-state index in [2.05, 4.69) is 70.5 Å². The second-order valence-electron chi connectivity index (χ2n) is 6.03. The van der Waals surface area contributed by atoms with E-state index in [1.165, 1.54) is 43.1 Å². The zero-order valence-corrected chi connectivity index (χ0v) is 14.5. The Kier molecular flexibility index (Phi) is 6.42. The topological polar surface area (TPSA) is 6.48 Å². The van der Waals surface area contributed by atoms with Crippen LogP contribution in [0.25, 0.3) is 0 Å². The van der Waals surface area contributed by atoms with E-state index in [4.69, 9.17) is 0 Å². The Labute approximate surface area is 144 Å². The molecule has 1 saturated heterocycles. The van der Waals surface area contributed by atoms with Crippen molar-refractivity contribution in [2.24, 2.45) is 0 Å². The van der Waals surface area contributed by atoms with Gasteiger partial charge in [0.1, 0.15) is 0 Å². The summed E-state index contributed by atoms with van der Waals surface area (Å²) in [4.78, 5) is 6.49. The minimum absolute atomic E-state index is 1.09. The summed E-state index contributed by atoms with van der Waals surface area (Å²) in [7, 11) is 0. The summed E-state index contributed by atoms with van der Waals surface area (Å²) in [5.74, 6) is 1.12. The Hall–Kier alpha value is -1.45. The van der Waals surface area contributed by atoms with Gasteiger partial charge in [0.25, 0.3) is 0 Å². The monoisotopic (exact) mass is 326 g/mol. The van der Waals surface area contributed by atoms with Crippen molar-refractivity contribution in [3.05, 3.63) is 60.7 Å². The van der Waals surface area contributed by atoms with E-state index in [0.717, 1.165) is 18.8 Å². The van der Waals surface area contributed by atoms with Crippen molar-refractivity contribution in [2.75, 3.05) is 43.4 Å². The van der Waals surface area contributed by atoms with Crippen LogP contribution in [0.1, 0.15) is 12.8 Å². The summed E-state index contributed by atoms with van der Waals surface area (Å²) < 4.78 is 0. The van der Waals surface area contributed by atoms with Gasteiger partial charge in [-0.3, -0.25) is 0 Å². The lowest BCUT2D eigenvalue weighted by Gasteiger charge is -2.27. The summed E-state index contributed by atoms with van der Waals surface area (Å²) in [6.07, 6.45) is 2.74. The van der Waals surface area contributed by atoms with Crippen molar-refractivity contribution in [2.45, 2.75) is 17.7 Å². The third kappa shape index (κ3) is 5.29. The van der Waals surface area contributed by atoms with Crippen LogP contribution in [0.4, 0.5) is 5.69 Å². The molecule has 0 aromatic heterocycles. The lowest BCUT2D eigenvalue weighted by Crippen LogP contribution is -2.35. The average Bonchev–Trinajstić information content (AvgIpc) is 3.13. The van der Waals surface area contributed by atoms with E-state index < -0.39 is 0 Å². The van der Waals surface area contributed by atoms with E-state index >= 15 is 0 Å². The molecule has 0 unspecified atom stereocenters. The minimum atomic E-state index is 1.09. The average molecular weight is 327 g/mol. The molecule has 1 heterocycles. The highest BCUT2D eigenvalue weighted by atomic mass is 32.2. The van der Waals surface area contributed by atoms with Gasteiger partial charge in [-0.15, -0.1) is 11.8 Å². The first-order valence-corrected chi connectivity index (χ1v) is 9.60. The van der Waals surface area contributed by atoms with Crippen LogP contribution < -0.4 is 4.90 Å². The largest absolute Gasteiger partial charge is 0.369 e. The number of anilines is 1. The summed E-state index contributed by atoms with van der Waals surface area (Å²) >= 11 is 1.95. The van der Waals surface area contributed by atoms with Crippen molar-refractivity contribution in [3.63, 3.8) is 0 Å². The lowest BCUT2D eigenvalue weighted by molar-refractivity contribution is 0.345. The number of nitrogens with zero attached hydrogens (tertiary/aromatic N) is 2. The predicted octanol–water partition coefficient (Wildman–Crippen LogP) is 4.38. The van der Waals surface area contributed by atoms with Crippen molar-refractivity contribution in [1.29, 1.82) is 0 Å². The van der Waals surface area contributed by atoms with E-state index in [1.54, 1.807) is 0 Å². The zero-order chi connectivity index (χ0) is 15.7. The van der Waals surface area contributed by atoms with Gasteiger partial charge in [-0.25, -0.2) is 0 Å². The van der Waals surface area contributed by atoms with Crippen molar-refractivity contribution >= 4 is 17.4 Å². The maximum absolute atomic E-state index is 2.60. The molecule has 0 amide bonds. The van der Waals surface area contributed by atoms with Gasteiger partial charge in [0, 0.05) is 36.0 Å². The number of hydrogen-bond acceptors (Lipinski definition) is 3. The molecular weight excluding hydrogens is 300 g/mol. The molecule has 0 bridgehead atoms. The van der Waals surface area contributed by atoms with Crippen LogP contribution >= 0.6 is 11.8 Å². The first-order valence-electron chi connectivity index (χ1n) is 8.62. The Morgan fingerprint density at radius 2 is 1.48 bits per heavy atom. The van der Waals surface area contributed by atoms with E-state index in [-0.39, 0.29) is 0 Å². The van der Waals surface area contributed by atoms with Crippen LogP contribution in [-0.2, 0) is 0 Å². The van der Waals surface area contributed by atoms with Crippen LogP contribution in [0.3, 0.4) is 0 Å². The molecule has 0 radical (unpaired) electrons. The zero-order valence-electron chi connectivity index (χ0n) is 13.7. The fourth-order valence-electron chi connectivity index (χ4n) is 3.07. The van der Waals surface area contributed by atoms with Crippen LogP contribution in [0.2, 0.25) is 0 Å². The molecule has 3 heteroatoms. The normalized spacial score (nSPS) is 15.0. The molecule has 1 aliphatic rings. The lowest BCUT2D eigenvalue weighted by atomic mass is 10.3. The number of rotatable bonds is 8. The van der Waals surface area contributed by atoms with Crippen molar-refractivity contribution in [1.82, 2.24) is 4.90 Å². The van der Waals surface area contributed by atoms with Gasteiger partial charge in [0.05, 0.1) is 0 Å². The van der Waals surface area contributed by atoms with E-state index in [0.29, 0.717) is 0 Å². The Balaban J connectivity index is 1.53. The fraction of sp³-hybridized carbons (Fsp3) is 0.400. The molecule has 0 atom stereocenters. The van der Waals surface area contributed by atoms with Crippen LogP contribution in [0.5, 0.6) is 0 Å². The summed E-state index contributed by atoms with van der Waals surface area (Å²) in [6.45, 7) is 5.96. The van der Waals surface area contributed by atoms with Gasteiger partial charge >= 0.3 is 0 Å². The number of thioether (sulfide) groups is 1. The van der Waals surface area contributed by atoms with Gasteiger partial charge in [0.15, 0.2) is 0 Å². The predicted molar refractivity (Wildman–Crippen MR) is 101 cm³/mol. The summed E-state index contributed by atoms with van der Waals surface area (Å²) in [6, 6.07) is 21.6. The second-order valence-corrected chi connectivity index (χ2v) is 7.20. The third-order valence-electron chi connectivity index (χ3n) is 4.38. The highest BCUT2D eigenvalue weighted by molar-refractivity contribution is 7.99. The van der Waals surface area contributed by atoms with Crippen LogP contribution in [-0.4, -0.2) is 43.4 Å². The number of para-hydroxylation sites is 1. The molecule has 2 aromatic rings. The Morgan fingerprint density at radius 1 is 0.826 bits per heavy atom. The maximum atomic E-state index is 2.60. The quantitative estimate of drug-likeness (QED) is 0.665. The first-order chi connectivity index (χ1) is 11.4. The van der Waals surface area contributed by atoms with Gasteiger partial charge in [0.2, 0.25) is 0 Å². The van der Waals surface area contributed by atoms with Gasteiger partial charge in [-0.05, 0) is 50.2 Å². The van der Waals surface area contributed by atoms with Crippen LogP contribution in [0.15, 0.2) is 65.6 Å². The molecule has 122 valence electrons. The summed E-state index contributed by atoms with van der Waals surface area (Å²) in [5, 5.41) is 0. The maximum Gasteiger partial charge on any atom is 0.0366 e. The minimum Gasteiger partial charge on any atom is -0.369 e. The smallest absolute Gasteiger partial charge is 0.0366 e. The molecule has 1 fully saturated rings. The number of benzene rings is 2. The van der Waals surface area contributed by atoms with Crippen molar-refractivity contribution < 1.29 is 0 Å². The van der Waals surface area contributed by atoms with E-state index in [1.807, 2.05) is 11.8 Å². The van der Waals surface area contributed by atoms with E-state index in [9.17, 15) is 0 Å². The highest BCUT2D eigenvalue weighted by Gasteiger charge is 2.13. The fourth-order valence-corrected chi connectivity index (χ4v) is 3.96. The second kappa shape index (κ2) is 8.99. The molecule has 0 saturated carbocycles. The molecule has 2 aromatic carbocycles. The molecule has 0 N–H and O–H groups in total. The SMILES string of the molecule is c1ccc(SCCN(CCN2CCCC2)c2ccccc2)cc1. The van der Waals surface area contributed by atoms with Crippen LogP contribution in [0, 0.1) is 0 Å². The Morgan fingerprint density at radius 3 is 2.17 bits per heavy atom. The van der Waals surface area contributed by atoms with Gasteiger partial charge in [-0.2, -0.15) is 0 Å². The highest BCUT2D eigenvalue weighted by Crippen LogP contribution is 2.19. The van der Waals surface area contributed by atoms with Gasteiger partial charge < -0.3 is 9.80 Å². The molecular formula is C20H26N2S. The Bertz CT molecular complexity index is 552. The first kappa shape index (κ1) is 16.4. The molecule has 23 heavy (non-hydrogen) atoms. The standard InChI is InChI=1S/C20H26N2S/c1-3-9-19(10-4-1)22(16-15-21-13-7-8-14-21)17-18-23-20-11-5-2-6-12-20/h1-6,9-12H,7-8,13-18H2. The molecule has 3 rings (SSSR count). The van der Waals surface area contributed by atoms with Crippen molar-refractivity contribution in [3.8, 4) is 0 Å². The molecule has 1 aliphatic heterocycles. The number of hydrogen-bond donors (Lipinski definition) is 0. The molecule has 2 nitrogen and oxygen atoms in total. The third-order valence-corrected chi connectivity index (χ3v) is 5.37.